The quantitative estimate of drug-likeness (QED) is 0.485. The number of hydrogen-bond acceptors (Lipinski definition) is 9. The van der Waals surface area contributed by atoms with Crippen molar-refractivity contribution < 1.29 is 19.1 Å². The Morgan fingerprint density at radius 3 is 3.03 bits per heavy atom. The van der Waals surface area contributed by atoms with Crippen molar-refractivity contribution in [2.24, 2.45) is 0 Å². The Morgan fingerprint density at radius 1 is 1.22 bits per heavy atom. The lowest BCUT2D eigenvalue weighted by molar-refractivity contribution is -0.113. The number of amides is 2. The fourth-order valence-corrected chi connectivity index (χ4v) is 5.87. The van der Waals surface area contributed by atoms with Crippen LogP contribution in [-0.4, -0.2) is 73.2 Å². The Bertz CT molecular complexity index is 1350. The summed E-state index contributed by atoms with van der Waals surface area (Å²) in [6.45, 7) is 3.04. The first kappa shape index (κ1) is 23.8. The highest BCUT2D eigenvalue weighted by atomic mass is 32.2. The number of ether oxygens (including phenoxy) is 2. The summed E-state index contributed by atoms with van der Waals surface area (Å²) in [6.07, 6.45) is 3.04. The molecule has 37 heavy (non-hydrogen) atoms. The molecular formula is C26H28N6O4S. The Kier molecular flexibility index (Phi) is 6.47. The van der Waals surface area contributed by atoms with E-state index in [9.17, 15) is 9.59 Å². The predicted molar refractivity (Wildman–Crippen MR) is 143 cm³/mol. The number of cyclic esters (lactones) is 1. The van der Waals surface area contributed by atoms with Crippen LogP contribution in [0.15, 0.2) is 47.5 Å². The van der Waals surface area contributed by atoms with E-state index in [2.05, 4.69) is 25.5 Å². The van der Waals surface area contributed by atoms with Gasteiger partial charge < -0.3 is 25.0 Å². The van der Waals surface area contributed by atoms with Crippen LogP contribution in [0.2, 0.25) is 0 Å². The zero-order valence-electron chi connectivity index (χ0n) is 20.5. The normalized spacial score (nSPS) is 21.2. The summed E-state index contributed by atoms with van der Waals surface area (Å²) in [4.78, 5) is 38.3. The van der Waals surface area contributed by atoms with Crippen molar-refractivity contribution in [3.05, 3.63) is 42.6 Å². The minimum Gasteiger partial charge on any atom is -0.481 e. The molecule has 0 saturated carbocycles. The van der Waals surface area contributed by atoms with Crippen molar-refractivity contribution in [2.45, 2.75) is 29.9 Å². The molecule has 2 fully saturated rings. The van der Waals surface area contributed by atoms with Crippen molar-refractivity contribution in [2.75, 3.05) is 54.2 Å². The van der Waals surface area contributed by atoms with Crippen LogP contribution in [0.5, 0.6) is 5.88 Å². The van der Waals surface area contributed by atoms with E-state index in [1.165, 1.54) is 11.8 Å². The smallest absolute Gasteiger partial charge is 0.414 e. The van der Waals surface area contributed by atoms with Gasteiger partial charge in [-0.3, -0.25) is 14.7 Å². The Hall–Kier alpha value is -3.57. The molecule has 2 N–H and O–H groups in total. The number of carbonyl (C=O) groups is 2. The molecule has 1 aromatic carbocycles. The van der Waals surface area contributed by atoms with Crippen LogP contribution in [0.4, 0.5) is 21.9 Å². The maximum atomic E-state index is 12.6. The lowest BCUT2D eigenvalue weighted by Gasteiger charge is -2.21. The number of aromatic nitrogens is 2. The first-order chi connectivity index (χ1) is 18.1. The molecule has 192 valence electrons. The Morgan fingerprint density at radius 2 is 2.14 bits per heavy atom. The molecule has 0 radical (unpaired) electrons. The SMILES string of the molecule is COc1ccc2nccc(N3CCC(NCCC4CN(c5ccc6c(c5)NC(=O)CS6)C(=O)O4)C3)c2n1. The van der Waals surface area contributed by atoms with Gasteiger partial charge in [-0.1, -0.05) is 0 Å². The van der Waals surface area contributed by atoms with Crippen LogP contribution in [0.25, 0.3) is 11.0 Å². The van der Waals surface area contributed by atoms with E-state index in [0.29, 0.717) is 24.2 Å². The first-order valence-corrected chi connectivity index (χ1v) is 13.4. The highest BCUT2D eigenvalue weighted by molar-refractivity contribution is 8.00. The van der Waals surface area contributed by atoms with E-state index in [1.807, 2.05) is 42.6 Å². The summed E-state index contributed by atoms with van der Waals surface area (Å²) < 4.78 is 10.9. The van der Waals surface area contributed by atoms with Gasteiger partial charge in [-0.15, -0.1) is 11.8 Å². The molecule has 3 aliphatic heterocycles. The predicted octanol–water partition coefficient (Wildman–Crippen LogP) is 3.27. The van der Waals surface area contributed by atoms with Crippen LogP contribution in [0.1, 0.15) is 12.8 Å². The van der Waals surface area contributed by atoms with Gasteiger partial charge in [0.25, 0.3) is 0 Å². The summed E-state index contributed by atoms with van der Waals surface area (Å²) in [5, 5.41) is 6.51. The molecule has 5 heterocycles. The molecule has 2 unspecified atom stereocenters. The number of rotatable bonds is 7. The van der Waals surface area contributed by atoms with Crippen molar-refractivity contribution >= 4 is 51.9 Å². The number of fused-ring (bicyclic) bond motifs is 2. The number of methoxy groups -OCH3 is 1. The van der Waals surface area contributed by atoms with Gasteiger partial charge in [0.2, 0.25) is 11.8 Å². The van der Waals surface area contributed by atoms with Crippen LogP contribution in [0.3, 0.4) is 0 Å². The topological polar surface area (TPSA) is 109 Å². The molecule has 0 spiro atoms. The molecule has 11 heteroatoms. The highest BCUT2D eigenvalue weighted by Crippen LogP contribution is 2.35. The minimum atomic E-state index is -0.348. The van der Waals surface area contributed by atoms with E-state index in [1.54, 1.807) is 12.0 Å². The lowest BCUT2D eigenvalue weighted by Crippen LogP contribution is -2.35. The van der Waals surface area contributed by atoms with Gasteiger partial charge in [-0.05, 0) is 49.7 Å². The van der Waals surface area contributed by atoms with Crippen molar-refractivity contribution in [3.8, 4) is 5.88 Å². The second-order valence-electron chi connectivity index (χ2n) is 9.36. The number of hydrogen-bond donors (Lipinski definition) is 2. The molecule has 10 nitrogen and oxygen atoms in total. The van der Waals surface area contributed by atoms with Gasteiger partial charge in [0, 0.05) is 42.0 Å². The second kappa shape index (κ2) is 10.1. The molecule has 6 rings (SSSR count). The number of pyridine rings is 2. The zero-order valence-corrected chi connectivity index (χ0v) is 21.3. The number of thioether (sulfide) groups is 1. The first-order valence-electron chi connectivity index (χ1n) is 12.4. The molecule has 2 aromatic heterocycles. The molecule has 2 amide bonds. The van der Waals surface area contributed by atoms with Crippen LogP contribution in [0, 0.1) is 0 Å². The summed E-state index contributed by atoms with van der Waals surface area (Å²) >= 11 is 1.50. The van der Waals surface area contributed by atoms with Crippen LogP contribution >= 0.6 is 11.8 Å². The van der Waals surface area contributed by atoms with Gasteiger partial charge in [0.05, 0.1) is 36.3 Å². The van der Waals surface area contributed by atoms with Gasteiger partial charge in [-0.2, -0.15) is 0 Å². The van der Waals surface area contributed by atoms with E-state index < -0.39 is 0 Å². The molecule has 3 aliphatic rings. The van der Waals surface area contributed by atoms with Crippen molar-refractivity contribution in [1.82, 2.24) is 15.3 Å². The summed E-state index contributed by atoms with van der Waals surface area (Å²) in [5.41, 5.74) is 4.25. The van der Waals surface area contributed by atoms with Gasteiger partial charge in [0.1, 0.15) is 11.6 Å². The minimum absolute atomic E-state index is 0.0267. The average molecular weight is 521 g/mol. The standard InChI is InChI=1S/C26H28N6O4S/c1-35-24-5-3-19-25(30-24)21(7-10-28-19)31-11-8-16(13-31)27-9-6-18-14-32(26(34)36-18)17-2-4-22-20(12-17)29-23(33)15-37-22/h2-5,7,10,12,16,18,27H,6,8-9,11,13-15H2,1H3,(H,29,33). The monoisotopic (exact) mass is 520 g/mol. The summed E-state index contributed by atoms with van der Waals surface area (Å²) in [6, 6.07) is 11.8. The van der Waals surface area contributed by atoms with E-state index in [4.69, 9.17) is 9.47 Å². The molecule has 2 atom stereocenters. The number of anilines is 3. The van der Waals surface area contributed by atoms with Gasteiger partial charge >= 0.3 is 6.09 Å². The Balaban J connectivity index is 1.03. The molecule has 0 bridgehead atoms. The maximum absolute atomic E-state index is 12.6. The molecular weight excluding hydrogens is 492 g/mol. The lowest BCUT2D eigenvalue weighted by atomic mass is 10.2. The largest absolute Gasteiger partial charge is 0.481 e. The third kappa shape index (κ3) is 4.88. The number of nitrogens with one attached hydrogen (secondary N) is 2. The van der Waals surface area contributed by atoms with Crippen molar-refractivity contribution in [3.63, 3.8) is 0 Å². The summed E-state index contributed by atoms with van der Waals surface area (Å²) in [5.74, 6) is 0.965. The van der Waals surface area contributed by atoms with E-state index >= 15 is 0 Å². The van der Waals surface area contributed by atoms with Crippen molar-refractivity contribution in [1.29, 1.82) is 0 Å². The van der Waals surface area contributed by atoms with E-state index in [0.717, 1.165) is 65.5 Å². The fraction of sp³-hybridized carbons (Fsp3) is 0.385. The summed E-state index contributed by atoms with van der Waals surface area (Å²) in [7, 11) is 1.62. The van der Waals surface area contributed by atoms with Gasteiger partial charge in [0.15, 0.2) is 0 Å². The van der Waals surface area contributed by atoms with Gasteiger partial charge in [-0.25, -0.2) is 9.78 Å². The number of nitrogens with zero attached hydrogens (tertiary/aromatic N) is 4. The second-order valence-corrected chi connectivity index (χ2v) is 10.4. The number of benzene rings is 1. The van der Waals surface area contributed by atoms with E-state index in [-0.39, 0.29) is 18.1 Å². The zero-order chi connectivity index (χ0) is 25.4. The van der Waals surface area contributed by atoms with Crippen LogP contribution < -0.4 is 25.2 Å². The third-order valence-corrected chi connectivity index (χ3v) is 8.03. The maximum Gasteiger partial charge on any atom is 0.414 e. The highest BCUT2D eigenvalue weighted by Gasteiger charge is 2.33. The third-order valence-electron chi connectivity index (χ3n) is 6.96. The fourth-order valence-electron chi connectivity index (χ4n) is 5.08. The average Bonchev–Trinajstić information content (AvgIpc) is 3.54. The van der Waals surface area contributed by atoms with Crippen LogP contribution in [-0.2, 0) is 9.53 Å². The number of carbonyl (C=O) groups excluding carboxylic acids is 2. The molecule has 3 aromatic rings. The molecule has 2 saturated heterocycles. The molecule has 0 aliphatic carbocycles. The Labute approximate surface area is 218 Å².